The van der Waals surface area contributed by atoms with Crippen LogP contribution >= 0.6 is 0 Å². The van der Waals surface area contributed by atoms with E-state index in [1.54, 1.807) is 60.9 Å². The summed E-state index contributed by atoms with van der Waals surface area (Å²) < 4.78 is 17.3. The highest BCUT2D eigenvalue weighted by molar-refractivity contribution is 6.46. The summed E-state index contributed by atoms with van der Waals surface area (Å²) in [6.45, 7) is 0.959. The van der Waals surface area contributed by atoms with Gasteiger partial charge in [-0.2, -0.15) is 0 Å². The smallest absolute Gasteiger partial charge is 0.295 e. The number of rotatable bonds is 6. The first-order chi connectivity index (χ1) is 19.1. The van der Waals surface area contributed by atoms with Gasteiger partial charge in [0.25, 0.3) is 11.7 Å². The molecule has 1 amide bonds. The first kappa shape index (κ1) is 24.2. The van der Waals surface area contributed by atoms with Gasteiger partial charge in [0, 0.05) is 24.5 Å². The summed E-state index contributed by atoms with van der Waals surface area (Å²) >= 11 is 0. The van der Waals surface area contributed by atoms with Crippen LogP contribution in [0.5, 0.6) is 23.0 Å². The molecule has 39 heavy (non-hydrogen) atoms. The lowest BCUT2D eigenvalue weighted by atomic mass is 9.95. The largest absolute Gasteiger partial charge is 0.507 e. The van der Waals surface area contributed by atoms with E-state index in [1.165, 1.54) is 4.90 Å². The summed E-state index contributed by atoms with van der Waals surface area (Å²) in [5, 5.41) is 11.5. The van der Waals surface area contributed by atoms with Crippen LogP contribution in [0.2, 0.25) is 0 Å². The Morgan fingerprint density at radius 2 is 1.62 bits per heavy atom. The molecular formula is C31H24N2O6. The summed E-state index contributed by atoms with van der Waals surface area (Å²) in [7, 11) is 0. The van der Waals surface area contributed by atoms with E-state index in [2.05, 4.69) is 4.98 Å². The second kappa shape index (κ2) is 10.3. The first-order valence-electron chi connectivity index (χ1n) is 12.5. The Labute approximate surface area is 224 Å². The Morgan fingerprint density at radius 3 is 2.41 bits per heavy atom. The Bertz CT molecular complexity index is 1570. The standard InChI is InChI=1S/C31H24N2O6/c34-29(22-9-10-25-26(18-22)38-16-15-37-25)27-28(33(31(36)30(27)35)19-20-11-13-32-14-12-20)21-5-4-8-24(17-21)39-23-6-2-1-3-7-23/h1-14,17-18,28,34H,15-16,19H2/b29-27-. The van der Waals surface area contributed by atoms with Crippen molar-refractivity contribution in [1.29, 1.82) is 0 Å². The van der Waals surface area contributed by atoms with Crippen molar-refractivity contribution >= 4 is 17.4 Å². The molecule has 6 rings (SSSR count). The number of hydrogen-bond donors (Lipinski definition) is 1. The number of Topliss-reactive ketones (excluding diaryl/α,β-unsaturated/α-hetero) is 1. The topological polar surface area (TPSA) is 98.2 Å². The van der Waals surface area contributed by atoms with E-state index in [0.29, 0.717) is 47.3 Å². The monoisotopic (exact) mass is 520 g/mol. The summed E-state index contributed by atoms with van der Waals surface area (Å²) in [6.07, 6.45) is 3.26. The van der Waals surface area contributed by atoms with Crippen molar-refractivity contribution in [3.8, 4) is 23.0 Å². The number of fused-ring (bicyclic) bond motifs is 1. The second-order valence-corrected chi connectivity index (χ2v) is 9.13. The number of aliphatic hydroxyl groups excluding tert-OH is 1. The molecule has 2 aliphatic heterocycles. The summed E-state index contributed by atoms with van der Waals surface area (Å²) in [4.78, 5) is 32.4. The molecule has 1 N–H and O–H groups in total. The highest BCUT2D eigenvalue weighted by atomic mass is 16.6. The molecule has 4 aromatic rings. The van der Waals surface area contributed by atoms with Gasteiger partial charge in [0.2, 0.25) is 0 Å². The van der Waals surface area contributed by atoms with Gasteiger partial charge in [-0.15, -0.1) is 0 Å². The number of para-hydroxylation sites is 1. The third-order valence-electron chi connectivity index (χ3n) is 6.61. The van der Waals surface area contributed by atoms with Crippen LogP contribution < -0.4 is 14.2 Å². The minimum atomic E-state index is -0.856. The minimum absolute atomic E-state index is 0.0115. The maximum absolute atomic E-state index is 13.5. The van der Waals surface area contributed by atoms with Crippen molar-refractivity contribution in [2.75, 3.05) is 13.2 Å². The normalized spacial score (nSPS) is 17.7. The molecule has 0 saturated carbocycles. The van der Waals surface area contributed by atoms with Gasteiger partial charge in [-0.25, -0.2) is 0 Å². The molecule has 2 aliphatic rings. The number of amides is 1. The number of likely N-dealkylation sites (tertiary alicyclic amines) is 1. The third kappa shape index (κ3) is 4.80. The van der Waals surface area contributed by atoms with Gasteiger partial charge in [-0.3, -0.25) is 14.6 Å². The maximum Gasteiger partial charge on any atom is 0.295 e. The van der Waals surface area contributed by atoms with Gasteiger partial charge in [0.15, 0.2) is 11.5 Å². The number of pyridine rings is 1. The number of benzene rings is 3. The molecule has 0 bridgehead atoms. The average Bonchev–Trinajstić information content (AvgIpc) is 3.22. The van der Waals surface area contributed by atoms with E-state index in [1.807, 2.05) is 36.4 Å². The lowest BCUT2D eigenvalue weighted by Crippen LogP contribution is -2.29. The zero-order chi connectivity index (χ0) is 26.8. The highest BCUT2D eigenvalue weighted by Crippen LogP contribution is 2.42. The SMILES string of the molecule is O=C1C(=O)N(Cc2ccncc2)C(c2cccc(Oc3ccccc3)c2)/C1=C(/O)c1ccc2c(c1)OCCO2. The Kier molecular flexibility index (Phi) is 6.42. The lowest BCUT2D eigenvalue weighted by molar-refractivity contribution is -0.140. The van der Waals surface area contributed by atoms with Gasteiger partial charge in [-0.05, 0) is 65.7 Å². The molecule has 1 fully saturated rings. The fourth-order valence-electron chi connectivity index (χ4n) is 4.79. The zero-order valence-corrected chi connectivity index (χ0v) is 20.8. The summed E-state index contributed by atoms with van der Waals surface area (Å²) in [5.41, 5.74) is 1.76. The van der Waals surface area contributed by atoms with Crippen molar-refractivity contribution in [3.63, 3.8) is 0 Å². The lowest BCUT2D eigenvalue weighted by Gasteiger charge is -2.26. The van der Waals surface area contributed by atoms with Crippen LogP contribution in [-0.2, 0) is 16.1 Å². The van der Waals surface area contributed by atoms with Gasteiger partial charge in [0.05, 0.1) is 11.6 Å². The number of aromatic nitrogens is 1. The van der Waals surface area contributed by atoms with Crippen LogP contribution in [0, 0.1) is 0 Å². The van der Waals surface area contributed by atoms with Crippen molar-refractivity contribution in [2.45, 2.75) is 12.6 Å². The highest BCUT2D eigenvalue weighted by Gasteiger charge is 2.46. The molecular weight excluding hydrogens is 496 g/mol. The van der Waals surface area contributed by atoms with Crippen LogP contribution in [-0.4, -0.2) is 39.9 Å². The Hall–Kier alpha value is -5.11. The number of nitrogens with zero attached hydrogens (tertiary/aromatic N) is 2. The number of ether oxygens (including phenoxy) is 3. The van der Waals surface area contributed by atoms with Crippen molar-refractivity contribution in [3.05, 3.63) is 120 Å². The quantitative estimate of drug-likeness (QED) is 0.210. The van der Waals surface area contributed by atoms with E-state index in [0.717, 1.165) is 5.56 Å². The molecule has 3 heterocycles. The van der Waals surface area contributed by atoms with Crippen molar-refractivity contribution < 1.29 is 28.9 Å². The molecule has 3 aromatic carbocycles. The van der Waals surface area contributed by atoms with Crippen LogP contribution in [0.15, 0.2) is 103 Å². The summed E-state index contributed by atoms with van der Waals surface area (Å²) in [6, 6.07) is 24.1. The van der Waals surface area contributed by atoms with Crippen LogP contribution in [0.4, 0.5) is 0 Å². The fraction of sp³-hybridized carbons (Fsp3) is 0.129. The predicted molar refractivity (Wildman–Crippen MR) is 142 cm³/mol. The molecule has 0 spiro atoms. The number of carbonyl (C=O) groups is 2. The maximum atomic E-state index is 13.5. The van der Waals surface area contributed by atoms with E-state index in [4.69, 9.17) is 14.2 Å². The molecule has 1 saturated heterocycles. The molecule has 1 unspecified atom stereocenters. The number of hydrogen-bond acceptors (Lipinski definition) is 7. The molecule has 0 radical (unpaired) electrons. The third-order valence-corrected chi connectivity index (χ3v) is 6.61. The van der Waals surface area contributed by atoms with Crippen LogP contribution in [0.3, 0.4) is 0 Å². The van der Waals surface area contributed by atoms with Crippen molar-refractivity contribution in [2.24, 2.45) is 0 Å². The number of ketones is 1. The molecule has 1 aromatic heterocycles. The van der Waals surface area contributed by atoms with Crippen LogP contribution in [0.1, 0.15) is 22.7 Å². The molecule has 8 heteroatoms. The van der Waals surface area contributed by atoms with Gasteiger partial charge in [-0.1, -0.05) is 30.3 Å². The predicted octanol–water partition coefficient (Wildman–Crippen LogP) is 5.27. The molecule has 194 valence electrons. The Morgan fingerprint density at radius 1 is 0.872 bits per heavy atom. The van der Waals surface area contributed by atoms with E-state index in [9.17, 15) is 14.7 Å². The van der Waals surface area contributed by atoms with Crippen molar-refractivity contribution in [1.82, 2.24) is 9.88 Å². The Balaban J connectivity index is 1.45. The van der Waals surface area contributed by atoms with E-state index in [-0.39, 0.29) is 17.9 Å². The zero-order valence-electron chi connectivity index (χ0n) is 20.8. The molecule has 1 atom stereocenters. The first-order valence-corrected chi connectivity index (χ1v) is 12.5. The van der Waals surface area contributed by atoms with E-state index >= 15 is 0 Å². The number of aliphatic hydroxyl groups is 1. The average molecular weight is 521 g/mol. The second-order valence-electron chi connectivity index (χ2n) is 9.13. The molecule has 0 aliphatic carbocycles. The van der Waals surface area contributed by atoms with Crippen LogP contribution in [0.25, 0.3) is 5.76 Å². The van der Waals surface area contributed by atoms with E-state index < -0.39 is 17.7 Å². The van der Waals surface area contributed by atoms with Gasteiger partial charge >= 0.3 is 0 Å². The van der Waals surface area contributed by atoms with Gasteiger partial charge in [0.1, 0.15) is 30.5 Å². The fourth-order valence-corrected chi connectivity index (χ4v) is 4.79. The minimum Gasteiger partial charge on any atom is -0.507 e. The number of carbonyl (C=O) groups excluding carboxylic acids is 2. The molecule has 8 nitrogen and oxygen atoms in total. The van der Waals surface area contributed by atoms with Gasteiger partial charge < -0.3 is 24.2 Å². The summed E-state index contributed by atoms with van der Waals surface area (Å²) in [5.74, 6) is 0.441.